The molecule has 0 aliphatic carbocycles. The average Bonchev–Trinajstić information content (AvgIpc) is 2.38. The first-order valence-electron chi connectivity index (χ1n) is 6.42. The Kier molecular flexibility index (Phi) is 4.53. The SMILES string of the molecule is CC(O)CCCCOc1cccc2ncccc12. The maximum absolute atomic E-state index is 9.16. The van der Waals surface area contributed by atoms with Crippen molar-refractivity contribution in [3.8, 4) is 5.75 Å². The van der Waals surface area contributed by atoms with Crippen LogP contribution in [0.5, 0.6) is 5.75 Å². The first-order chi connectivity index (χ1) is 8.77. The van der Waals surface area contributed by atoms with Gasteiger partial charge in [-0.2, -0.15) is 0 Å². The number of hydrogen-bond acceptors (Lipinski definition) is 3. The smallest absolute Gasteiger partial charge is 0.128 e. The van der Waals surface area contributed by atoms with E-state index in [2.05, 4.69) is 4.98 Å². The number of benzene rings is 1. The number of ether oxygens (including phenoxy) is 1. The Morgan fingerprint density at radius 3 is 2.94 bits per heavy atom. The highest BCUT2D eigenvalue weighted by Gasteiger charge is 2.02. The molecule has 3 heteroatoms. The summed E-state index contributed by atoms with van der Waals surface area (Å²) in [7, 11) is 0. The molecule has 0 aliphatic rings. The molecule has 0 fully saturated rings. The van der Waals surface area contributed by atoms with E-state index in [1.165, 1.54) is 0 Å². The molecule has 1 aromatic carbocycles. The van der Waals surface area contributed by atoms with Gasteiger partial charge in [0.25, 0.3) is 0 Å². The number of aliphatic hydroxyl groups is 1. The standard InChI is InChI=1S/C15H19NO2/c1-12(17)6-2-3-11-18-15-9-4-8-14-13(15)7-5-10-16-14/h4-5,7-10,12,17H,2-3,6,11H2,1H3. The molecule has 96 valence electrons. The highest BCUT2D eigenvalue weighted by atomic mass is 16.5. The zero-order valence-electron chi connectivity index (χ0n) is 10.7. The van der Waals surface area contributed by atoms with Crippen LogP contribution in [-0.2, 0) is 0 Å². The molecule has 0 amide bonds. The summed E-state index contributed by atoms with van der Waals surface area (Å²) >= 11 is 0. The van der Waals surface area contributed by atoms with E-state index in [9.17, 15) is 0 Å². The van der Waals surface area contributed by atoms with Gasteiger partial charge in [0, 0.05) is 11.6 Å². The fourth-order valence-corrected chi connectivity index (χ4v) is 1.92. The summed E-state index contributed by atoms with van der Waals surface area (Å²) < 4.78 is 5.78. The van der Waals surface area contributed by atoms with Crippen LogP contribution >= 0.6 is 0 Å². The Balaban J connectivity index is 1.91. The first-order valence-corrected chi connectivity index (χ1v) is 6.42. The summed E-state index contributed by atoms with van der Waals surface area (Å²) in [4.78, 5) is 4.30. The van der Waals surface area contributed by atoms with E-state index in [4.69, 9.17) is 9.84 Å². The molecule has 2 aromatic rings. The van der Waals surface area contributed by atoms with Gasteiger partial charge in [-0.3, -0.25) is 4.98 Å². The molecular formula is C15H19NO2. The summed E-state index contributed by atoms with van der Waals surface area (Å²) in [6, 6.07) is 9.85. The summed E-state index contributed by atoms with van der Waals surface area (Å²) in [5.41, 5.74) is 0.957. The number of pyridine rings is 1. The minimum Gasteiger partial charge on any atom is -0.493 e. The van der Waals surface area contributed by atoms with Crippen LogP contribution in [0, 0.1) is 0 Å². The van der Waals surface area contributed by atoms with Gasteiger partial charge in [0.15, 0.2) is 0 Å². The predicted octanol–water partition coefficient (Wildman–Crippen LogP) is 3.16. The molecule has 0 bridgehead atoms. The normalized spacial score (nSPS) is 12.6. The van der Waals surface area contributed by atoms with Crippen molar-refractivity contribution in [3.63, 3.8) is 0 Å². The number of unbranched alkanes of at least 4 members (excludes halogenated alkanes) is 1. The molecule has 0 saturated carbocycles. The Labute approximate surface area is 107 Å². The van der Waals surface area contributed by atoms with Gasteiger partial charge in [-0.15, -0.1) is 0 Å². The predicted molar refractivity (Wildman–Crippen MR) is 72.8 cm³/mol. The lowest BCUT2D eigenvalue weighted by Gasteiger charge is -2.09. The number of aliphatic hydroxyl groups excluding tert-OH is 1. The van der Waals surface area contributed by atoms with E-state index in [0.29, 0.717) is 6.61 Å². The van der Waals surface area contributed by atoms with Crippen molar-refractivity contribution in [2.45, 2.75) is 32.3 Å². The lowest BCUT2D eigenvalue weighted by atomic mass is 10.2. The van der Waals surface area contributed by atoms with E-state index >= 15 is 0 Å². The molecule has 0 saturated heterocycles. The Hall–Kier alpha value is -1.61. The van der Waals surface area contributed by atoms with Crippen LogP contribution in [-0.4, -0.2) is 22.8 Å². The second-order valence-electron chi connectivity index (χ2n) is 4.52. The zero-order chi connectivity index (χ0) is 12.8. The number of aromatic nitrogens is 1. The van der Waals surface area contributed by atoms with Crippen molar-refractivity contribution in [3.05, 3.63) is 36.5 Å². The molecule has 3 nitrogen and oxygen atoms in total. The largest absolute Gasteiger partial charge is 0.493 e. The quantitative estimate of drug-likeness (QED) is 0.795. The van der Waals surface area contributed by atoms with Crippen molar-refractivity contribution < 1.29 is 9.84 Å². The third kappa shape index (κ3) is 3.44. The molecule has 0 spiro atoms. The van der Waals surface area contributed by atoms with Crippen LogP contribution < -0.4 is 4.74 Å². The highest BCUT2D eigenvalue weighted by Crippen LogP contribution is 2.23. The van der Waals surface area contributed by atoms with E-state index in [1.807, 2.05) is 37.3 Å². The van der Waals surface area contributed by atoms with E-state index in [1.54, 1.807) is 6.20 Å². The Bertz CT molecular complexity index is 491. The van der Waals surface area contributed by atoms with Crippen LogP contribution in [0.1, 0.15) is 26.2 Å². The van der Waals surface area contributed by atoms with Crippen LogP contribution in [0.15, 0.2) is 36.5 Å². The maximum atomic E-state index is 9.16. The molecule has 0 aliphatic heterocycles. The average molecular weight is 245 g/mol. The van der Waals surface area contributed by atoms with Gasteiger partial charge in [-0.1, -0.05) is 6.07 Å². The van der Waals surface area contributed by atoms with Gasteiger partial charge in [-0.25, -0.2) is 0 Å². The molecule has 1 aromatic heterocycles. The highest BCUT2D eigenvalue weighted by molar-refractivity contribution is 5.84. The minimum atomic E-state index is -0.216. The molecular weight excluding hydrogens is 226 g/mol. The number of rotatable bonds is 6. The minimum absolute atomic E-state index is 0.216. The zero-order valence-corrected chi connectivity index (χ0v) is 10.7. The molecule has 0 radical (unpaired) electrons. The van der Waals surface area contributed by atoms with E-state index < -0.39 is 0 Å². The fraction of sp³-hybridized carbons (Fsp3) is 0.400. The lowest BCUT2D eigenvalue weighted by Crippen LogP contribution is -2.02. The van der Waals surface area contributed by atoms with Gasteiger partial charge in [0.1, 0.15) is 5.75 Å². The fourth-order valence-electron chi connectivity index (χ4n) is 1.92. The second-order valence-corrected chi connectivity index (χ2v) is 4.52. The lowest BCUT2D eigenvalue weighted by molar-refractivity contribution is 0.177. The van der Waals surface area contributed by atoms with Crippen molar-refractivity contribution in [1.82, 2.24) is 4.98 Å². The van der Waals surface area contributed by atoms with Crippen molar-refractivity contribution in [2.75, 3.05) is 6.61 Å². The third-order valence-electron chi connectivity index (χ3n) is 2.88. The summed E-state index contributed by atoms with van der Waals surface area (Å²) in [6.45, 7) is 2.50. The summed E-state index contributed by atoms with van der Waals surface area (Å²) in [6.07, 6.45) is 4.35. The monoisotopic (exact) mass is 245 g/mol. The topological polar surface area (TPSA) is 42.4 Å². The molecule has 1 unspecified atom stereocenters. The van der Waals surface area contributed by atoms with Crippen molar-refractivity contribution >= 4 is 10.9 Å². The van der Waals surface area contributed by atoms with Crippen molar-refractivity contribution in [1.29, 1.82) is 0 Å². The summed E-state index contributed by atoms with van der Waals surface area (Å²) in [5, 5.41) is 10.2. The Morgan fingerprint density at radius 1 is 1.22 bits per heavy atom. The molecule has 18 heavy (non-hydrogen) atoms. The van der Waals surface area contributed by atoms with Gasteiger partial charge in [-0.05, 0) is 50.5 Å². The van der Waals surface area contributed by atoms with Gasteiger partial charge in [0.2, 0.25) is 0 Å². The van der Waals surface area contributed by atoms with Gasteiger partial charge >= 0.3 is 0 Å². The molecule has 1 N–H and O–H groups in total. The van der Waals surface area contributed by atoms with Crippen LogP contribution in [0.2, 0.25) is 0 Å². The van der Waals surface area contributed by atoms with Gasteiger partial charge in [0.05, 0.1) is 18.2 Å². The number of fused-ring (bicyclic) bond motifs is 1. The maximum Gasteiger partial charge on any atom is 0.128 e. The van der Waals surface area contributed by atoms with E-state index in [-0.39, 0.29) is 6.10 Å². The first kappa shape index (κ1) is 12.8. The summed E-state index contributed by atoms with van der Waals surface area (Å²) in [5.74, 6) is 0.887. The number of hydrogen-bond donors (Lipinski definition) is 1. The Morgan fingerprint density at radius 2 is 2.11 bits per heavy atom. The van der Waals surface area contributed by atoms with Crippen molar-refractivity contribution in [2.24, 2.45) is 0 Å². The number of nitrogens with zero attached hydrogens (tertiary/aromatic N) is 1. The van der Waals surface area contributed by atoms with E-state index in [0.717, 1.165) is 35.9 Å². The van der Waals surface area contributed by atoms with Crippen LogP contribution in [0.3, 0.4) is 0 Å². The molecule has 1 atom stereocenters. The van der Waals surface area contributed by atoms with Crippen LogP contribution in [0.25, 0.3) is 10.9 Å². The second kappa shape index (κ2) is 6.36. The van der Waals surface area contributed by atoms with Gasteiger partial charge < -0.3 is 9.84 Å². The third-order valence-corrected chi connectivity index (χ3v) is 2.88. The van der Waals surface area contributed by atoms with Crippen LogP contribution in [0.4, 0.5) is 0 Å². The molecule has 2 rings (SSSR count). The molecule has 1 heterocycles.